The molecule has 0 amide bonds. The molecule has 1 aromatic carbocycles. The van der Waals surface area contributed by atoms with Gasteiger partial charge in [-0.05, 0) is 66.4 Å². The minimum Gasteiger partial charge on any atom is -0.348 e. The molecule has 4 aromatic rings. The van der Waals surface area contributed by atoms with Crippen LogP contribution < -0.4 is 0 Å². The van der Waals surface area contributed by atoms with Gasteiger partial charge in [0.15, 0.2) is 0 Å². The van der Waals surface area contributed by atoms with E-state index in [0.29, 0.717) is 6.54 Å². The van der Waals surface area contributed by atoms with Crippen molar-refractivity contribution in [1.82, 2.24) is 19.3 Å². The smallest absolute Gasteiger partial charge is 0.0831 e. The average Bonchev–Trinajstić information content (AvgIpc) is 3.29. The van der Waals surface area contributed by atoms with Crippen molar-refractivity contribution in [3.63, 3.8) is 0 Å². The zero-order valence-corrected chi connectivity index (χ0v) is 15.1. The fourth-order valence-corrected chi connectivity index (χ4v) is 3.45. The lowest BCUT2D eigenvalue weighted by molar-refractivity contribution is 0.665. The van der Waals surface area contributed by atoms with Crippen molar-refractivity contribution in [3.05, 3.63) is 95.8 Å². The van der Waals surface area contributed by atoms with Gasteiger partial charge in [-0.1, -0.05) is 18.2 Å². The lowest BCUT2D eigenvalue weighted by Crippen LogP contribution is -2.07. The van der Waals surface area contributed by atoms with Crippen molar-refractivity contribution in [2.24, 2.45) is 0 Å². The Labute approximate surface area is 153 Å². The first-order chi connectivity index (χ1) is 12.7. The quantitative estimate of drug-likeness (QED) is 0.537. The molecule has 0 saturated heterocycles. The summed E-state index contributed by atoms with van der Waals surface area (Å²) in [5, 5.41) is 4.33. The number of hydrogen-bond donors (Lipinski definition) is 0. The van der Waals surface area contributed by atoms with Crippen LogP contribution in [0.5, 0.6) is 0 Å². The van der Waals surface area contributed by atoms with E-state index in [1.54, 1.807) is 6.20 Å². The van der Waals surface area contributed by atoms with E-state index in [2.05, 4.69) is 66.2 Å². The molecule has 0 radical (unpaired) electrons. The van der Waals surface area contributed by atoms with Crippen LogP contribution in [-0.2, 0) is 13.1 Å². The zero-order chi connectivity index (χ0) is 17.9. The number of pyridine rings is 1. The molecule has 0 fully saturated rings. The summed E-state index contributed by atoms with van der Waals surface area (Å²) < 4.78 is 4.06. The fourth-order valence-electron chi connectivity index (χ4n) is 3.45. The number of aromatic nitrogens is 4. The molecule has 130 valence electrons. The molecule has 26 heavy (non-hydrogen) atoms. The van der Waals surface area contributed by atoms with Crippen LogP contribution in [0.15, 0.2) is 73.3 Å². The van der Waals surface area contributed by atoms with E-state index in [4.69, 9.17) is 4.98 Å². The van der Waals surface area contributed by atoms with Gasteiger partial charge in [0.25, 0.3) is 0 Å². The molecular formula is C22H22N4. The molecule has 0 unspecified atom stereocenters. The van der Waals surface area contributed by atoms with Gasteiger partial charge in [-0.15, -0.1) is 0 Å². The van der Waals surface area contributed by atoms with Gasteiger partial charge in [0.1, 0.15) is 0 Å². The summed E-state index contributed by atoms with van der Waals surface area (Å²) in [6.45, 7) is 5.77. The van der Waals surface area contributed by atoms with Crippen molar-refractivity contribution < 1.29 is 0 Å². The third-order valence-electron chi connectivity index (χ3n) is 4.60. The number of hydrogen-bond acceptors (Lipinski definition) is 2. The highest BCUT2D eigenvalue weighted by molar-refractivity contribution is 5.71. The minimum atomic E-state index is 0.671. The Morgan fingerprint density at radius 2 is 1.50 bits per heavy atom. The van der Waals surface area contributed by atoms with E-state index < -0.39 is 0 Å². The monoisotopic (exact) mass is 342 g/mol. The van der Waals surface area contributed by atoms with Gasteiger partial charge in [0.2, 0.25) is 0 Å². The standard InChI is InChI=1S/C22H22N4/c1-17-7-5-8-18(2)22(17)19-13-20(15-25-10-3-4-11-25)24-21(14-19)16-26-12-6-9-23-26/h3-14H,15-16H2,1-2H3. The molecule has 0 saturated carbocycles. The average molecular weight is 342 g/mol. The largest absolute Gasteiger partial charge is 0.348 e. The molecule has 0 aliphatic rings. The maximum atomic E-state index is 4.89. The van der Waals surface area contributed by atoms with Crippen LogP contribution in [0.25, 0.3) is 11.1 Å². The van der Waals surface area contributed by atoms with Crippen molar-refractivity contribution >= 4 is 0 Å². The van der Waals surface area contributed by atoms with Crippen LogP contribution in [0.3, 0.4) is 0 Å². The second-order valence-corrected chi connectivity index (χ2v) is 6.66. The Kier molecular flexibility index (Phi) is 4.40. The van der Waals surface area contributed by atoms with Crippen LogP contribution >= 0.6 is 0 Å². The summed E-state index contributed by atoms with van der Waals surface area (Å²) in [6.07, 6.45) is 7.91. The van der Waals surface area contributed by atoms with Gasteiger partial charge in [0.05, 0.1) is 24.5 Å². The first-order valence-electron chi connectivity index (χ1n) is 8.83. The summed E-state index contributed by atoms with van der Waals surface area (Å²) in [5.74, 6) is 0. The third-order valence-corrected chi connectivity index (χ3v) is 4.60. The Bertz CT molecular complexity index is 924. The van der Waals surface area contributed by atoms with Gasteiger partial charge >= 0.3 is 0 Å². The number of benzene rings is 1. The topological polar surface area (TPSA) is 35.6 Å². The summed E-state index contributed by atoms with van der Waals surface area (Å²) in [7, 11) is 0. The van der Waals surface area contributed by atoms with Gasteiger partial charge in [0, 0.05) is 24.8 Å². The third kappa shape index (κ3) is 3.45. The normalized spacial score (nSPS) is 11.0. The predicted octanol–water partition coefficient (Wildman–Crippen LogP) is 4.46. The van der Waals surface area contributed by atoms with Crippen molar-refractivity contribution in [3.8, 4) is 11.1 Å². The van der Waals surface area contributed by atoms with Crippen LogP contribution in [-0.4, -0.2) is 19.3 Å². The van der Waals surface area contributed by atoms with E-state index in [0.717, 1.165) is 17.9 Å². The first-order valence-corrected chi connectivity index (χ1v) is 8.83. The lowest BCUT2D eigenvalue weighted by atomic mass is 9.95. The zero-order valence-electron chi connectivity index (χ0n) is 15.1. The molecule has 0 spiro atoms. The molecule has 4 rings (SSSR count). The lowest BCUT2D eigenvalue weighted by Gasteiger charge is -2.14. The molecule has 0 N–H and O–H groups in total. The van der Waals surface area contributed by atoms with E-state index >= 15 is 0 Å². The van der Waals surface area contributed by atoms with E-state index in [1.807, 2.05) is 29.1 Å². The minimum absolute atomic E-state index is 0.671. The van der Waals surface area contributed by atoms with Crippen LogP contribution in [0.4, 0.5) is 0 Å². The van der Waals surface area contributed by atoms with Gasteiger partial charge in [-0.2, -0.15) is 5.10 Å². The van der Waals surface area contributed by atoms with E-state index in [1.165, 1.54) is 22.3 Å². The molecule has 0 atom stereocenters. The molecule has 0 bridgehead atoms. The highest BCUT2D eigenvalue weighted by Gasteiger charge is 2.10. The summed E-state index contributed by atoms with van der Waals surface area (Å²) in [4.78, 5) is 4.89. The Hall–Kier alpha value is -3.14. The van der Waals surface area contributed by atoms with E-state index in [-0.39, 0.29) is 0 Å². The highest BCUT2D eigenvalue weighted by atomic mass is 15.3. The highest BCUT2D eigenvalue weighted by Crippen LogP contribution is 2.28. The Morgan fingerprint density at radius 3 is 2.15 bits per heavy atom. The summed E-state index contributed by atoms with van der Waals surface area (Å²) in [5.41, 5.74) is 7.17. The second kappa shape index (κ2) is 7.00. The van der Waals surface area contributed by atoms with E-state index in [9.17, 15) is 0 Å². The molecule has 0 aliphatic heterocycles. The number of rotatable bonds is 5. The van der Waals surface area contributed by atoms with Gasteiger partial charge in [-0.25, -0.2) is 0 Å². The Balaban J connectivity index is 1.79. The molecule has 3 aromatic heterocycles. The number of aryl methyl sites for hydroxylation is 2. The van der Waals surface area contributed by atoms with Crippen LogP contribution in [0, 0.1) is 13.8 Å². The van der Waals surface area contributed by atoms with Gasteiger partial charge < -0.3 is 4.57 Å². The van der Waals surface area contributed by atoms with Crippen LogP contribution in [0.2, 0.25) is 0 Å². The Morgan fingerprint density at radius 1 is 0.808 bits per heavy atom. The van der Waals surface area contributed by atoms with Crippen LogP contribution in [0.1, 0.15) is 22.5 Å². The first kappa shape index (κ1) is 16.3. The maximum absolute atomic E-state index is 4.89. The fraction of sp³-hybridized carbons (Fsp3) is 0.182. The SMILES string of the molecule is Cc1cccc(C)c1-c1cc(Cn2cccc2)nc(Cn2cccn2)c1. The maximum Gasteiger partial charge on any atom is 0.0831 e. The molecule has 0 aliphatic carbocycles. The van der Waals surface area contributed by atoms with Crippen molar-refractivity contribution in [1.29, 1.82) is 0 Å². The predicted molar refractivity (Wildman–Crippen MR) is 104 cm³/mol. The molecule has 4 nitrogen and oxygen atoms in total. The van der Waals surface area contributed by atoms with Gasteiger partial charge in [-0.3, -0.25) is 9.67 Å². The van der Waals surface area contributed by atoms with Crippen molar-refractivity contribution in [2.45, 2.75) is 26.9 Å². The van der Waals surface area contributed by atoms with Crippen molar-refractivity contribution in [2.75, 3.05) is 0 Å². The number of nitrogens with zero attached hydrogens (tertiary/aromatic N) is 4. The summed E-state index contributed by atoms with van der Waals surface area (Å²) >= 11 is 0. The molecule has 4 heteroatoms. The second-order valence-electron chi connectivity index (χ2n) is 6.66. The molecule has 3 heterocycles. The summed E-state index contributed by atoms with van der Waals surface area (Å²) in [6, 6.07) is 16.9. The molecular weight excluding hydrogens is 320 g/mol.